The number of benzene rings is 2. The molecule has 6 heteroatoms. The number of hydrogen-bond acceptors (Lipinski definition) is 4. The van der Waals surface area contributed by atoms with Gasteiger partial charge in [0.15, 0.2) is 5.65 Å². The summed E-state index contributed by atoms with van der Waals surface area (Å²) in [6.45, 7) is 0.0240. The highest BCUT2D eigenvalue weighted by Crippen LogP contribution is 2.25. The van der Waals surface area contributed by atoms with Gasteiger partial charge < -0.3 is 10.4 Å². The molecule has 2 aromatic heterocycles. The Balaban J connectivity index is 1.41. The Morgan fingerprint density at radius 2 is 1.68 bits per heavy atom. The van der Waals surface area contributed by atoms with Crippen LogP contribution in [0.4, 0.5) is 0 Å². The number of carbonyl (C=O) groups is 1. The molecule has 5 rings (SSSR count). The highest BCUT2D eigenvalue weighted by atomic mass is 16.3. The molecule has 2 N–H and O–H groups in total. The average Bonchev–Trinajstić information content (AvgIpc) is 3.48. The van der Waals surface area contributed by atoms with Gasteiger partial charge in [-0.1, -0.05) is 49.2 Å². The van der Waals surface area contributed by atoms with Gasteiger partial charge in [-0.25, -0.2) is 4.98 Å². The Bertz CT molecular complexity index is 1210. The van der Waals surface area contributed by atoms with Crippen LogP contribution in [0.2, 0.25) is 0 Å². The van der Waals surface area contributed by atoms with E-state index in [1.807, 2.05) is 65.3 Å². The van der Waals surface area contributed by atoms with Crippen LogP contribution in [-0.2, 0) is 6.61 Å². The summed E-state index contributed by atoms with van der Waals surface area (Å²) in [6, 6.07) is 15.7. The molecule has 0 aliphatic heterocycles. The fourth-order valence-corrected chi connectivity index (χ4v) is 4.16. The second-order valence-corrected chi connectivity index (χ2v) is 8.03. The van der Waals surface area contributed by atoms with E-state index in [9.17, 15) is 9.90 Å². The van der Waals surface area contributed by atoms with Crippen LogP contribution in [0.3, 0.4) is 0 Å². The zero-order valence-electron chi connectivity index (χ0n) is 17.2. The standard InChI is InChI=1S/C25H24N4O2/c30-16-17-5-7-19(8-6-17)23-13-27-24-14-26-22(15-29(23)24)18-9-11-20(12-10-18)25(31)28-21-3-1-2-4-21/h5-15,21,30H,1-4,16H2,(H,28,31). The minimum absolute atomic E-state index is 0.00918. The number of fused-ring (bicyclic) bond motifs is 1. The number of imidazole rings is 1. The van der Waals surface area contributed by atoms with Gasteiger partial charge in [0.2, 0.25) is 0 Å². The minimum Gasteiger partial charge on any atom is -0.392 e. The molecule has 0 atom stereocenters. The number of aliphatic hydroxyl groups excluding tert-OH is 1. The van der Waals surface area contributed by atoms with E-state index in [1.54, 1.807) is 6.20 Å². The van der Waals surface area contributed by atoms with E-state index in [4.69, 9.17) is 0 Å². The van der Waals surface area contributed by atoms with Crippen LogP contribution in [0.5, 0.6) is 0 Å². The van der Waals surface area contributed by atoms with Crippen molar-refractivity contribution in [2.75, 3.05) is 0 Å². The van der Waals surface area contributed by atoms with E-state index in [1.165, 1.54) is 12.8 Å². The fraction of sp³-hybridized carbons (Fsp3) is 0.240. The SMILES string of the molecule is O=C(NC1CCCC1)c1ccc(-c2cn3c(-c4ccc(CO)cc4)cnc3cn2)cc1. The lowest BCUT2D eigenvalue weighted by Gasteiger charge is -2.12. The first kappa shape index (κ1) is 19.5. The first-order chi connectivity index (χ1) is 15.2. The van der Waals surface area contributed by atoms with Gasteiger partial charge in [-0.05, 0) is 30.5 Å². The zero-order valence-corrected chi connectivity index (χ0v) is 17.2. The first-order valence-corrected chi connectivity index (χ1v) is 10.7. The van der Waals surface area contributed by atoms with E-state index in [0.717, 1.165) is 46.6 Å². The highest BCUT2D eigenvalue weighted by Gasteiger charge is 2.18. The molecule has 1 saturated carbocycles. The van der Waals surface area contributed by atoms with Crippen molar-refractivity contribution in [3.63, 3.8) is 0 Å². The molecule has 1 aliphatic carbocycles. The number of nitrogens with zero attached hydrogens (tertiary/aromatic N) is 3. The van der Waals surface area contributed by atoms with E-state index >= 15 is 0 Å². The number of aliphatic hydroxyl groups is 1. The molecule has 2 aromatic carbocycles. The maximum Gasteiger partial charge on any atom is 0.251 e. The van der Waals surface area contributed by atoms with Crippen LogP contribution in [0.25, 0.3) is 28.2 Å². The molecule has 156 valence electrons. The summed E-state index contributed by atoms with van der Waals surface area (Å²) in [5.41, 5.74) is 6.02. The molecule has 0 saturated heterocycles. The Hall–Kier alpha value is -3.51. The van der Waals surface area contributed by atoms with Gasteiger partial charge in [0.1, 0.15) is 0 Å². The summed E-state index contributed by atoms with van der Waals surface area (Å²) in [5, 5.41) is 12.4. The molecule has 1 aliphatic rings. The van der Waals surface area contributed by atoms with Crippen LogP contribution in [0.1, 0.15) is 41.6 Å². The topological polar surface area (TPSA) is 79.5 Å². The smallest absolute Gasteiger partial charge is 0.251 e. The van der Waals surface area contributed by atoms with Crippen molar-refractivity contribution < 1.29 is 9.90 Å². The summed E-state index contributed by atoms with van der Waals surface area (Å²) in [4.78, 5) is 21.5. The van der Waals surface area contributed by atoms with Gasteiger partial charge in [-0.2, -0.15) is 0 Å². The lowest BCUT2D eigenvalue weighted by atomic mass is 10.1. The van der Waals surface area contributed by atoms with Crippen LogP contribution >= 0.6 is 0 Å². The number of carbonyl (C=O) groups excluding carboxylic acids is 1. The van der Waals surface area contributed by atoms with Gasteiger partial charge >= 0.3 is 0 Å². The lowest BCUT2D eigenvalue weighted by Crippen LogP contribution is -2.32. The summed E-state index contributed by atoms with van der Waals surface area (Å²) in [6.07, 6.45) is 10.1. The predicted octanol–water partition coefficient (Wildman–Crippen LogP) is 4.23. The zero-order chi connectivity index (χ0) is 21.2. The van der Waals surface area contributed by atoms with Crippen LogP contribution in [0.15, 0.2) is 67.1 Å². The molecule has 6 nitrogen and oxygen atoms in total. The molecule has 0 radical (unpaired) electrons. The quantitative estimate of drug-likeness (QED) is 0.514. The summed E-state index contributed by atoms with van der Waals surface area (Å²) < 4.78 is 2.01. The van der Waals surface area contributed by atoms with Gasteiger partial charge in [-0.15, -0.1) is 0 Å². The van der Waals surface area contributed by atoms with Crippen molar-refractivity contribution in [2.45, 2.75) is 38.3 Å². The van der Waals surface area contributed by atoms with Crippen LogP contribution < -0.4 is 5.32 Å². The maximum absolute atomic E-state index is 12.5. The third kappa shape index (κ3) is 3.94. The molecule has 2 heterocycles. The number of hydrogen-bond donors (Lipinski definition) is 2. The van der Waals surface area contributed by atoms with E-state index in [0.29, 0.717) is 11.6 Å². The van der Waals surface area contributed by atoms with Gasteiger partial charge in [0.25, 0.3) is 5.91 Å². The van der Waals surface area contributed by atoms with E-state index in [-0.39, 0.29) is 12.5 Å². The highest BCUT2D eigenvalue weighted by molar-refractivity contribution is 5.94. The van der Waals surface area contributed by atoms with E-state index < -0.39 is 0 Å². The Morgan fingerprint density at radius 3 is 2.39 bits per heavy atom. The van der Waals surface area contributed by atoms with Gasteiger partial charge in [0, 0.05) is 28.9 Å². The number of amides is 1. The maximum atomic E-state index is 12.5. The van der Waals surface area contributed by atoms with Crippen molar-refractivity contribution in [3.05, 3.63) is 78.2 Å². The first-order valence-electron chi connectivity index (χ1n) is 10.7. The lowest BCUT2D eigenvalue weighted by molar-refractivity contribution is 0.0938. The summed E-state index contributed by atoms with van der Waals surface area (Å²) in [5.74, 6) is -0.00918. The molecule has 1 fully saturated rings. The molecule has 0 unspecified atom stereocenters. The minimum atomic E-state index is -0.00918. The van der Waals surface area contributed by atoms with Crippen molar-refractivity contribution in [2.24, 2.45) is 0 Å². The Morgan fingerprint density at radius 1 is 0.968 bits per heavy atom. The Kier molecular flexibility index (Phi) is 5.22. The van der Waals surface area contributed by atoms with Crippen molar-refractivity contribution >= 4 is 11.6 Å². The van der Waals surface area contributed by atoms with Crippen molar-refractivity contribution in [3.8, 4) is 22.5 Å². The second kappa shape index (κ2) is 8.32. The summed E-state index contributed by atoms with van der Waals surface area (Å²) >= 11 is 0. The van der Waals surface area contributed by atoms with Crippen LogP contribution in [0, 0.1) is 0 Å². The predicted molar refractivity (Wildman–Crippen MR) is 120 cm³/mol. The molecular weight excluding hydrogens is 388 g/mol. The van der Waals surface area contributed by atoms with Crippen LogP contribution in [-0.4, -0.2) is 31.4 Å². The Labute approximate surface area is 180 Å². The average molecular weight is 412 g/mol. The largest absolute Gasteiger partial charge is 0.392 e. The fourth-order valence-electron chi connectivity index (χ4n) is 4.16. The van der Waals surface area contributed by atoms with Gasteiger partial charge in [-0.3, -0.25) is 14.2 Å². The molecule has 4 aromatic rings. The number of nitrogens with one attached hydrogen (secondary N) is 1. The second-order valence-electron chi connectivity index (χ2n) is 8.03. The molecule has 31 heavy (non-hydrogen) atoms. The third-order valence-corrected chi connectivity index (χ3v) is 5.96. The number of rotatable bonds is 5. The van der Waals surface area contributed by atoms with Crippen molar-refractivity contribution in [1.82, 2.24) is 19.7 Å². The van der Waals surface area contributed by atoms with E-state index in [2.05, 4.69) is 15.3 Å². The van der Waals surface area contributed by atoms with Crippen molar-refractivity contribution in [1.29, 1.82) is 0 Å². The number of aromatic nitrogens is 3. The molecular formula is C25H24N4O2. The summed E-state index contributed by atoms with van der Waals surface area (Å²) in [7, 11) is 0. The normalized spacial score (nSPS) is 14.2. The molecule has 0 bridgehead atoms. The molecule has 1 amide bonds. The third-order valence-electron chi connectivity index (χ3n) is 5.96. The molecule has 0 spiro atoms. The van der Waals surface area contributed by atoms with Gasteiger partial charge in [0.05, 0.1) is 30.4 Å². The monoisotopic (exact) mass is 412 g/mol.